The van der Waals surface area contributed by atoms with E-state index in [0.29, 0.717) is 11.3 Å². The van der Waals surface area contributed by atoms with Crippen LogP contribution in [0.2, 0.25) is 13.3 Å². The third kappa shape index (κ3) is 5.52. The van der Waals surface area contributed by atoms with Gasteiger partial charge in [0.2, 0.25) is 0 Å². The predicted molar refractivity (Wildman–Crippen MR) is 123 cm³/mol. The average molecular weight is 491 g/mol. The zero-order chi connectivity index (χ0) is 20.4. The maximum absolute atomic E-state index is 15.0. The Kier molecular flexibility index (Phi) is 9.84. The molecule has 1 nitrogen and oxygen atoms in total. The fraction of sp³-hybridized carbons (Fsp3) is 0.520. The van der Waals surface area contributed by atoms with Crippen molar-refractivity contribution in [2.24, 2.45) is 0 Å². The number of methoxy groups -OCH3 is 1. The predicted octanol–water partition coefficient (Wildman–Crippen LogP) is 7.56. The molecule has 2 aromatic rings. The van der Waals surface area contributed by atoms with Crippen molar-refractivity contribution in [3.63, 3.8) is 0 Å². The van der Waals surface area contributed by atoms with Crippen molar-refractivity contribution in [1.29, 1.82) is 0 Å². The standard InChI is InChI=1S/C13H10FO.3C4H9.Sn/c1-15-12-9-5-8-11(14)13(12)10-6-3-2-4-7-10;3*1-3-4-2;/h2-6,8-9H,1H3;3*1,3-4H2,2H3;. The molecule has 0 fully saturated rings. The zero-order valence-electron chi connectivity index (χ0n) is 18.2. The molecule has 0 bridgehead atoms. The summed E-state index contributed by atoms with van der Waals surface area (Å²) in [6, 6.07) is 13.9. The monoisotopic (exact) mass is 492 g/mol. The summed E-state index contributed by atoms with van der Waals surface area (Å²) >= 11 is -2.69. The Balaban J connectivity index is 2.67. The van der Waals surface area contributed by atoms with Crippen LogP contribution in [0.4, 0.5) is 4.39 Å². The van der Waals surface area contributed by atoms with Crippen LogP contribution in [0.15, 0.2) is 42.5 Å². The molecular formula is C25H37FOSn. The Labute approximate surface area is 175 Å². The molecule has 0 aromatic heterocycles. The summed E-state index contributed by atoms with van der Waals surface area (Å²) in [7, 11) is 1.64. The molecule has 0 unspecified atom stereocenters. The molecule has 0 saturated heterocycles. The van der Waals surface area contributed by atoms with Gasteiger partial charge in [-0.3, -0.25) is 0 Å². The van der Waals surface area contributed by atoms with E-state index in [1.54, 1.807) is 19.2 Å². The molecule has 0 atom stereocenters. The van der Waals surface area contributed by atoms with Gasteiger partial charge >= 0.3 is 176 Å². The van der Waals surface area contributed by atoms with Gasteiger partial charge in [0, 0.05) is 0 Å². The van der Waals surface area contributed by atoms with E-state index in [1.165, 1.54) is 55.4 Å². The normalized spacial score (nSPS) is 11.6. The minimum atomic E-state index is -2.69. The summed E-state index contributed by atoms with van der Waals surface area (Å²) in [5.74, 6) is 0.475. The Bertz CT molecular complexity index is 706. The van der Waals surface area contributed by atoms with Crippen molar-refractivity contribution in [1.82, 2.24) is 0 Å². The molecule has 0 spiro atoms. The van der Waals surface area contributed by atoms with E-state index in [1.807, 2.05) is 6.07 Å². The van der Waals surface area contributed by atoms with Crippen molar-refractivity contribution in [3.05, 3.63) is 48.3 Å². The number of halogens is 1. The van der Waals surface area contributed by atoms with E-state index < -0.39 is 18.4 Å². The van der Waals surface area contributed by atoms with Crippen LogP contribution >= 0.6 is 0 Å². The van der Waals surface area contributed by atoms with Gasteiger partial charge in [-0.25, -0.2) is 0 Å². The summed E-state index contributed by atoms with van der Waals surface area (Å²) < 4.78 is 26.2. The Morgan fingerprint density at radius 1 is 0.786 bits per heavy atom. The van der Waals surface area contributed by atoms with Crippen LogP contribution in [0, 0.1) is 5.82 Å². The molecule has 0 aliphatic rings. The second kappa shape index (κ2) is 11.8. The molecular weight excluding hydrogens is 454 g/mol. The maximum atomic E-state index is 15.0. The fourth-order valence-corrected chi connectivity index (χ4v) is 21.2. The molecule has 28 heavy (non-hydrogen) atoms. The summed E-state index contributed by atoms with van der Waals surface area (Å²) in [6.07, 6.45) is 7.61. The van der Waals surface area contributed by atoms with Crippen LogP contribution in [0.3, 0.4) is 0 Å². The molecule has 0 amide bonds. The van der Waals surface area contributed by atoms with Gasteiger partial charge in [0.15, 0.2) is 0 Å². The molecule has 0 saturated carbocycles. The molecule has 0 N–H and O–H groups in total. The number of benzene rings is 2. The number of hydrogen-bond acceptors (Lipinski definition) is 1. The summed E-state index contributed by atoms with van der Waals surface area (Å²) in [4.78, 5) is 0. The van der Waals surface area contributed by atoms with E-state index in [4.69, 9.17) is 4.74 Å². The number of ether oxygens (including phenoxy) is 1. The van der Waals surface area contributed by atoms with Crippen LogP contribution in [0.25, 0.3) is 11.1 Å². The van der Waals surface area contributed by atoms with Crippen molar-refractivity contribution >= 4 is 22.0 Å². The Hall–Kier alpha value is -1.03. The molecule has 0 aliphatic carbocycles. The fourth-order valence-electron chi connectivity index (χ4n) is 4.42. The van der Waals surface area contributed by atoms with E-state index in [-0.39, 0.29) is 5.82 Å². The second-order valence-electron chi connectivity index (χ2n) is 7.95. The van der Waals surface area contributed by atoms with Gasteiger partial charge in [-0.2, -0.15) is 0 Å². The molecule has 3 heteroatoms. The van der Waals surface area contributed by atoms with Gasteiger partial charge in [-0.1, -0.05) is 0 Å². The van der Waals surface area contributed by atoms with Gasteiger partial charge in [0.1, 0.15) is 0 Å². The van der Waals surface area contributed by atoms with Crippen molar-refractivity contribution < 1.29 is 9.13 Å². The SMILES string of the molecule is CCC[CH2][Sn]([CH2]CCC)([CH2]CCC)[c]1ccccc1-c1c(F)cccc1OC. The van der Waals surface area contributed by atoms with Gasteiger partial charge in [-0.15, -0.1) is 0 Å². The Morgan fingerprint density at radius 3 is 1.89 bits per heavy atom. The first-order valence-electron chi connectivity index (χ1n) is 11.1. The second-order valence-corrected chi connectivity index (χ2v) is 21.1. The van der Waals surface area contributed by atoms with E-state index in [0.717, 1.165) is 5.56 Å². The van der Waals surface area contributed by atoms with E-state index in [9.17, 15) is 4.39 Å². The first-order valence-corrected chi connectivity index (χ1v) is 18.5. The van der Waals surface area contributed by atoms with Gasteiger partial charge in [0.05, 0.1) is 0 Å². The molecule has 0 radical (unpaired) electrons. The Morgan fingerprint density at radius 2 is 1.36 bits per heavy atom. The van der Waals surface area contributed by atoms with E-state index in [2.05, 4.69) is 45.0 Å². The molecule has 0 heterocycles. The topological polar surface area (TPSA) is 9.23 Å². The van der Waals surface area contributed by atoms with Crippen LogP contribution in [-0.4, -0.2) is 25.5 Å². The molecule has 0 aliphatic heterocycles. The van der Waals surface area contributed by atoms with Crippen molar-refractivity contribution in [3.8, 4) is 16.9 Å². The molecule has 2 aromatic carbocycles. The third-order valence-electron chi connectivity index (χ3n) is 5.99. The zero-order valence-corrected chi connectivity index (χ0v) is 21.0. The van der Waals surface area contributed by atoms with Crippen LogP contribution < -0.4 is 8.32 Å². The number of hydrogen-bond donors (Lipinski definition) is 0. The quantitative estimate of drug-likeness (QED) is 0.279. The first-order chi connectivity index (χ1) is 13.6. The van der Waals surface area contributed by atoms with Gasteiger partial charge in [-0.05, 0) is 0 Å². The summed E-state index contributed by atoms with van der Waals surface area (Å²) in [6.45, 7) is 6.88. The van der Waals surface area contributed by atoms with Gasteiger partial charge in [0.25, 0.3) is 0 Å². The first kappa shape index (κ1) is 23.2. The van der Waals surface area contributed by atoms with Crippen LogP contribution in [0.5, 0.6) is 5.75 Å². The van der Waals surface area contributed by atoms with Crippen molar-refractivity contribution in [2.75, 3.05) is 7.11 Å². The minimum absolute atomic E-state index is 0.173. The number of rotatable bonds is 12. The van der Waals surface area contributed by atoms with Gasteiger partial charge < -0.3 is 0 Å². The van der Waals surface area contributed by atoms with Crippen LogP contribution in [0.1, 0.15) is 59.3 Å². The molecule has 2 rings (SSSR count). The third-order valence-corrected chi connectivity index (χ3v) is 21.7. The number of unbranched alkanes of at least 4 members (excludes halogenated alkanes) is 3. The summed E-state index contributed by atoms with van der Waals surface area (Å²) in [5.41, 5.74) is 1.75. The summed E-state index contributed by atoms with van der Waals surface area (Å²) in [5, 5.41) is 0. The molecule has 154 valence electrons. The van der Waals surface area contributed by atoms with Crippen molar-refractivity contribution in [2.45, 2.75) is 72.6 Å². The average Bonchev–Trinajstić information content (AvgIpc) is 2.73. The van der Waals surface area contributed by atoms with Crippen LogP contribution in [-0.2, 0) is 0 Å². The van der Waals surface area contributed by atoms with E-state index >= 15 is 0 Å².